The van der Waals surface area contributed by atoms with Gasteiger partial charge in [-0.15, -0.1) is 11.8 Å². The van der Waals surface area contributed by atoms with E-state index < -0.39 is 18.0 Å². The number of rotatable bonds is 1. The van der Waals surface area contributed by atoms with Crippen molar-refractivity contribution in [2.45, 2.75) is 11.1 Å². The summed E-state index contributed by atoms with van der Waals surface area (Å²) in [6.45, 7) is 0. The fourth-order valence-corrected chi connectivity index (χ4v) is 3.14. The molecule has 3 rings (SSSR count). The van der Waals surface area contributed by atoms with E-state index in [9.17, 15) is 22.8 Å². The number of carbonyl (C=O) groups is 2. The van der Waals surface area contributed by atoms with Crippen LogP contribution >= 0.6 is 11.8 Å². The Morgan fingerprint density at radius 2 is 2.00 bits per heavy atom. The fraction of sp³-hybridized carbons (Fsp3) is 0.133. The number of hydrogen-bond acceptors (Lipinski definition) is 4. The molecule has 0 spiro atoms. The molecule has 0 fully saturated rings. The van der Waals surface area contributed by atoms with Crippen molar-refractivity contribution >= 4 is 29.3 Å². The predicted molar refractivity (Wildman–Crippen MR) is 78.9 cm³/mol. The number of hydrogen-bond donors (Lipinski definition) is 0. The second-order valence-electron chi connectivity index (χ2n) is 4.74. The zero-order valence-corrected chi connectivity index (χ0v) is 12.3. The van der Waals surface area contributed by atoms with Gasteiger partial charge in [-0.25, -0.2) is 4.90 Å². The number of aromatic nitrogens is 1. The molecule has 2 heterocycles. The molecule has 0 saturated heterocycles. The second-order valence-corrected chi connectivity index (χ2v) is 5.76. The monoisotopic (exact) mass is 338 g/mol. The van der Waals surface area contributed by atoms with Crippen molar-refractivity contribution in [3.05, 3.63) is 42.7 Å². The van der Waals surface area contributed by atoms with Gasteiger partial charge in [0.2, 0.25) is 5.91 Å². The number of pyridine rings is 1. The Morgan fingerprint density at radius 1 is 1.22 bits per heavy atom. The van der Waals surface area contributed by atoms with Crippen LogP contribution in [0, 0.1) is 0 Å². The quantitative estimate of drug-likeness (QED) is 0.801. The Bertz CT molecular complexity index is 778. The van der Waals surface area contributed by atoms with Gasteiger partial charge in [0.05, 0.1) is 11.4 Å². The van der Waals surface area contributed by atoms with Crippen molar-refractivity contribution in [1.82, 2.24) is 4.98 Å². The molecule has 0 radical (unpaired) electrons. The highest BCUT2D eigenvalue weighted by Gasteiger charge is 2.47. The molecule has 1 aliphatic heterocycles. The number of anilines is 1. The lowest BCUT2D eigenvalue weighted by Crippen LogP contribution is -2.47. The summed E-state index contributed by atoms with van der Waals surface area (Å²) < 4.78 is 38.1. The van der Waals surface area contributed by atoms with Crippen molar-refractivity contribution < 1.29 is 22.8 Å². The normalized spacial score (nSPS) is 14.6. The van der Waals surface area contributed by atoms with Crippen molar-refractivity contribution in [2.75, 3.05) is 10.7 Å². The molecule has 23 heavy (non-hydrogen) atoms. The molecular weight excluding hydrogens is 329 g/mol. The Morgan fingerprint density at radius 3 is 2.65 bits per heavy atom. The van der Waals surface area contributed by atoms with Crippen molar-refractivity contribution in [1.29, 1.82) is 0 Å². The number of fused-ring (bicyclic) bond motifs is 1. The minimum absolute atomic E-state index is 0.0405. The van der Waals surface area contributed by atoms with Gasteiger partial charge in [-0.05, 0) is 23.8 Å². The van der Waals surface area contributed by atoms with E-state index >= 15 is 0 Å². The molecule has 2 aromatic rings. The van der Waals surface area contributed by atoms with Crippen LogP contribution in [0.25, 0.3) is 11.1 Å². The molecule has 1 aliphatic rings. The Balaban J connectivity index is 2.04. The van der Waals surface area contributed by atoms with Crippen molar-refractivity contribution in [2.24, 2.45) is 0 Å². The summed E-state index contributed by atoms with van der Waals surface area (Å²) in [5.41, 5.74) is 1.50. The van der Waals surface area contributed by atoms with E-state index in [-0.39, 0.29) is 16.3 Å². The van der Waals surface area contributed by atoms with Crippen LogP contribution in [0.2, 0.25) is 0 Å². The van der Waals surface area contributed by atoms with Gasteiger partial charge >= 0.3 is 12.1 Å². The molecule has 8 heteroatoms. The second kappa shape index (κ2) is 5.69. The molecule has 1 aromatic carbocycles. The Hall–Kier alpha value is -2.35. The van der Waals surface area contributed by atoms with Crippen LogP contribution in [0.3, 0.4) is 0 Å². The van der Waals surface area contributed by atoms with Gasteiger partial charge in [-0.3, -0.25) is 14.6 Å². The first-order valence-electron chi connectivity index (χ1n) is 6.49. The van der Waals surface area contributed by atoms with E-state index in [1.54, 1.807) is 30.6 Å². The summed E-state index contributed by atoms with van der Waals surface area (Å²) in [5.74, 6) is -3.26. The zero-order valence-electron chi connectivity index (χ0n) is 11.5. The van der Waals surface area contributed by atoms with Gasteiger partial charge in [0, 0.05) is 22.9 Å². The van der Waals surface area contributed by atoms with Crippen LogP contribution < -0.4 is 4.90 Å². The van der Waals surface area contributed by atoms with Gasteiger partial charge in [-0.2, -0.15) is 13.2 Å². The van der Waals surface area contributed by atoms with Gasteiger partial charge in [0.1, 0.15) is 0 Å². The molecular formula is C15H9F3N2O2S. The number of carbonyl (C=O) groups excluding carboxylic acids is 2. The predicted octanol–water partition coefficient (Wildman–Crippen LogP) is 3.28. The van der Waals surface area contributed by atoms with Crippen molar-refractivity contribution in [3.63, 3.8) is 0 Å². The summed E-state index contributed by atoms with van der Waals surface area (Å²) in [5, 5.41) is 0. The highest BCUT2D eigenvalue weighted by atomic mass is 32.2. The average Bonchev–Trinajstić information content (AvgIpc) is 2.54. The lowest BCUT2D eigenvalue weighted by molar-refractivity contribution is -0.171. The van der Waals surface area contributed by atoms with Crippen LogP contribution in [0.1, 0.15) is 0 Å². The molecule has 2 amide bonds. The molecule has 1 aromatic heterocycles. The van der Waals surface area contributed by atoms with E-state index in [0.29, 0.717) is 4.90 Å². The molecule has 0 atom stereocenters. The molecule has 4 nitrogen and oxygen atoms in total. The number of imide groups is 1. The van der Waals surface area contributed by atoms with Crippen LogP contribution in [0.5, 0.6) is 0 Å². The number of amides is 2. The molecule has 0 bridgehead atoms. The summed E-state index contributed by atoms with van der Waals surface area (Å²) >= 11 is 1.11. The zero-order chi connectivity index (χ0) is 16.6. The molecule has 0 N–H and O–H groups in total. The van der Waals surface area contributed by atoms with Crippen LogP contribution in [0.4, 0.5) is 18.9 Å². The number of benzene rings is 1. The van der Waals surface area contributed by atoms with Gasteiger partial charge in [-0.1, -0.05) is 12.1 Å². The molecule has 118 valence electrons. The standard InChI is InChI=1S/C15H9F3N2O2S/c16-15(17,18)14(22)20-11-4-3-9(10-2-1-5-19-7-10)6-12(11)23-8-13(20)21/h1-7H,8H2. The number of thioether (sulfide) groups is 1. The Kier molecular flexibility index (Phi) is 3.85. The smallest absolute Gasteiger partial charge is 0.273 e. The fourth-order valence-electron chi connectivity index (χ4n) is 2.22. The van der Waals surface area contributed by atoms with Crippen molar-refractivity contribution in [3.8, 4) is 11.1 Å². The van der Waals surface area contributed by atoms with Crippen LogP contribution in [-0.4, -0.2) is 28.7 Å². The summed E-state index contributed by atoms with van der Waals surface area (Å²) in [6.07, 6.45) is -1.87. The third-order valence-corrected chi connectivity index (χ3v) is 4.27. The van der Waals surface area contributed by atoms with Gasteiger partial charge in [0.15, 0.2) is 0 Å². The lowest BCUT2D eigenvalue weighted by Gasteiger charge is -2.28. The summed E-state index contributed by atoms with van der Waals surface area (Å²) in [7, 11) is 0. The van der Waals surface area contributed by atoms with E-state index in [4.69, 9.17) is 0 Å². The first kappa shape index (κ1) is 15.5. The Labute approximate surface area is 133 Å². The largest absolute Gasteiger partial charge is 0.472 e. The molecule has 0 saturated carbocycles. The number of nitrogens with zero attached hydrogens (tertiary/aromatic N) is 2. The maximum Gasteiger partial charge on any atom is 0.472 e. The molecule has 0 unspecified atom stereocenters. The maximum absolute atomic E-state index is 12.7. The topological polar surface area (TPSA) is 50.3 Å². The van der Waals surface area contributed by atoms with Crippen LogP contribution in [-0.2, 0) is 9.59 Å². The van der Waals surface area contributed by atoms with Gasteiger partial charge in [0.25, 0.3) is 0 Å². The summed E-state index contributed by atoms with van der Waals surface area (Å²) in [4.78, 5) is 27.9. The van der Waals surface area contributed by atoms with Gasteiger partial charge < -0.3 is 0 Å². The summed E-state index contributed by atoms with van der Waals surface area (Å²) in [6, 6.07) is 8.12. The maximum atomic E-state index is 12.7. The third-order valence-electron chi connectivity index (χ3n) is 3.24. The van der Waals surface area contributed by atoms with Crippen LogP contribution in [0.15, 0.2) is 47.6 Å². The van der Waals surface area contributed by atoms with E-state index in [1.807, 2.05) is 6.07 Å². The first-order valence-corrected chi connectivity index (χ1v) is 7.48. The number of alkyl halides is 3. The highest BCUT2D eigenvalue weighted by molar-refractivity contribution is 8.00. The minimum Gasteiger partial charge on any atom is -0.273 e. The lowest BCUT2D eigenvalue weighted by atomic mass is 10.1. The average molecular weight is 338 g/mol. The SMILES string of the molecule is O=C1CSc2cc(-c3cccnc3)ccc2N1C(=O)C(F)(F)F. The number of halogens is 3. The first-order chi connectivity index (χ1) is 10.9. The minimum atomic E-state index is -5.10. The highest BCUT2D eigenvalue weighted by Crippen LogP contribution is 2.39. The van der Waals surface area contributed by atoms with E-state index in [1.165, 1.54) is 6.07 Å². The van der Waals surface area contributed by atoms with E-state index in [0.717, 1.165) is 22.9 Å². The van der Waals surface area contributed by atoms with E-state index in [2.05, 4.69) is 4.98 Å². The molecule has 0 aliphatic carbocycles. The third kappa shape index (κ3) is 2.94.